The third-order valence-corrected chi connectivity index (χ3v) is 3.61. The maximum atomic E-state index is 12.1. The monoisotopic (exact) mass is 345 g/mol. The minimum atomic E-state index is -0.200. The Morgan fingerprint density at radius 1 is 1.00 bits per heavy atom. The number of nitrogens with one attached hydrogen (secondary N) is 1. The van der Waals surface area contributed by atoms with Crippen LogP contribution in [0.3, 0.4) is 0 Å². The summed E-state index contributed by atoms with van der Waals surface area (Å²) in [6.07, 6.45) is 1.23. The molecule has 2 rings (SSSR count). The van der Waals surface area contributed by atoms with E-state index in [2.05, 4.69) is 5.32 Å². The van der Waals surface area contributed by atoms with Gasteiger partial charge in [-0.25, -0.2) is 0 Å². The van der Waals surface area contributed by atoms with E-state index < -0.39 is 0 Å². The Labute approximate surface area is 146 Å². The highest BCUT2D eigenvalue weighted by molar-refractivity contribution is 6.30. The van der Waals surface area contributed by atoms with Crippen LogP contribution in [0, 0.1) is 0 Å². The van der Waals surface area contributed by atoms with Crippen molar-refractivity contribution in [1.29, 1.82) is 0 Å². The fourth-order valence-electron chi connectivity index (χ4n) is 2.09. The van der Waals surface area contributed by atoms with Crippen LogP contribution in [0.5, 0.6) is 5.75 Å². The molecule has 0 unspecified atom stereocenters. The normalized spacial score (nSPS) is 10.2. The van der Waals surface area contributed by atoms with Crippen LogP contribution in [0.4, 0.5) is 5.69 Å². The molecule has 0 saturated heterocycles. The number of Topliss-reactive ketones (excluding diaryl/α,β-unsaturated/α-hetero) is 1. The van der Waals surface area contributed by atoms with Gasteiger partial charge in [0.05, 0.1) is 6.61 Å². The molecule has 0 spiro atoms. The molecule has 126 valence electrons. The number of benzene rings is 2. The van der Waals surface area contributed by atoms with Crippen molar-refractivity contribution in [3.63, 3.8) is 0 Å². The molecule has 5 heteroatoms. The Morgan fingerprint density at radius 3 is 2.29 bits per heavy atom. The zero-order valence-electron chi connectivity index (χ0n) is 13.5. The van der Waals surface area contributed by atoms with Gasteiger partial charge in [0.15, 0.2) is 5.78 Å². The van der Waals surface area contributed by atoms with Crippen LogP contribution in [-0.4, -0.2) is 18.3 Å². The van der Waals surface area contributed by atoms with Gasteiger partial charge in [-0.3, -0.25) is 9.59 Å². The summed E-state index contributed by atoms with van der Waals surface area (Å²) in [5.41, 5.74) is 1.24. The number of ether oxygens (including phenoxy) is 1. The Kier molecular flexibility index (Phi) is 6.82. The number of halogens is 1. The summed E-state index contributed by atoms with van der Waals surface area (Å²) in [4.78, 5) is 24.0. The van der Waals surface area contributed by atoms with Gasteiger partial charge in [0.2, 0.25) is 5.91 Å². The molecule has 0 bridgehead atoms. The standard InChI is InChI=1S/C19H20ClNO3/c1-2-13-24-17-9-3-14(4-10-17)18(22)11-12-19(23)21-16-7-5-15(20)6-8-16/h3-10H,2,11-13H2,1H3,(H,21,23). The van der Waals surface area contributed by atoms with E-state index in [-0.39, 0.29) is 24.5 Å². The lowest BCUT2D eigenvalue weighted by Crippen LogP contribution is -2.13. The van der Waals surface area contributed by atoms with Crippen LogP contribution < -0.4 is 10.1 Å². The first-order valence-electron chi connectivity index (χ1n) is 7.90. The lowest BCUT2D eigenvalue weighted by atomic mass is 10.1. The van der Waals surface area contributed by atoms with E-state index in [0.717, 1.165) is 12.2 Å². The van der Waals surface area contributed by atoms with Crippen LogP contribution >= 0.6 is 11.6 Å². The SMILES string of the molecule is CCCOc1ccc(C(=O)CCC(=O)Nc2ccc(Cl)cc2)cc1. The van der Waals surface area contributed by atoms with Gasteiger partial charge in [0.25, 0.3) is 0 Å². The van der Waals surface area contributed by atoms with E-state index in [9.17, 15) is 9.59 Å². The summed E-state index contributed by atoms with van der Waals surface area (Å²) in [6.45, 7) is 2.69. The Hall–Kier alpha value is -2.33. The molecule has 0 aromatic heterocycles. The Morgan fingerprint density at radius 2 is 1.67 bits per heavy atom. The first-order valence-corrected chi connectivity index (χ1v) is 8.27. The van der Waals surface area contributed by atoms with E-state index in [4.69, 9.17) is 16.3 Å². The number of rotatable bonds is 8. The molecule has 2 aromatic rings. The van der Waals surface area contributed by atoms with Crippen molar-refractivity contribution in [3.8, 4) is 5.75 Å². The zero-order valence-corrected chi connectivity index (χ0v) is 14.3. The van der Waals surface area contributed by atoms with Crippen LogP contribution in [0.15, 0.2) is 48.5 Å². The first kappa shape index (κ1) is 18.0. The Bertz CT molecular complexity index is 681. The van der Waals surface area contributed by atoms with Gasteiger partial charge in [0.1, 0.15) is 5.75 Å². The van der Waals surface area contributed by atoms with E-state index in [1.807, 2.05) is 6.92 Å². The maximum Gasteiger partial charge on any atom is 0.224 e. The van der Waals surface area contributed by atoms with Crippen molar-refractivity contribution in [3.05, 3.63) is 59.1 Å². The molecule has 0 aliphatic rings. The molecular weight excluding hydrogens is 326 g/mol. The highest BCUT2D eigenvalue weighted by Crippen LogP contribution is 2.16. The van der Waals surface area contributed by atoms with Gasteiger partial charge in [-0.2, -0.15) is 0 Å². The lowest BCUT2D eigenvalue weighted by molar-refractivity contribution is -0.116. The minimum Gasteiger partial charge on any atom is -0.494 e. The minimum absolute atomic E-state index is 0.0664. The molecule has 0 radical (unpaired) electrons. The first-order chi connectivity index (χ1) is 11.6. The highest BCUT2D eigenvalue weighted by atomic mass is 35.5. The number of amides is 1. The molecule has 0 aliphatic heterocycles. The number of carbonyl (C=O) groups excluding carboxylic acids is 2. The quantitative estimate of drug-likeness (QED) is 0.703. The molecule has 0 heterocycles. The van der Waals surface area contributed by atoms with Gasteiger partial charge in [0, 0.05) is 29.1 Å². The Balaban J connectivity index is 1.81. The summed E-state index contributed by atoms with van der Waals surface area (Å²) < 4.78 is 5.48. The summed E-state index contributed by atoms with van der Waals surface area (Å²) >= 11 is 5.79. The summed E-state index contributed by atoms with van der Waals surface area (Å²) in [6, 6.07) is 13.8. The maximum absolute atomic E-state index is 12.1. The predicted molar refractivity (Wildman–Crippen MR) is 95.9 cm³/mol. The molecule has 0 aliphatic carbocycles. The highest BCUT2D eigenvalue weighted by Gasteiger charge is 2.10. The molecule has 2 aromatic carbocycles. The van der Waals surface area contributed by atoms with Crippen molar-refractivity contribution >= 4 is 29.0 Å². The largest absolute Gasteiger partial charge is 0.494 e. The van der Waals surface area contributed by atoms with E-state index in [1.54, 1.807) is 48.5 Å². The second kappa shape index (κ2) is 9.08. The van der Waals surface area contributed by atoms with Gasteiger partial charge < -0.3 is 10.1 Å². The molecule has 4 nitrogen and oxygen atoms in total. The van der Waals surface area contributed by atoms with Gasteiger partial charge in [-0.05, 0) is 55.0 Å². The lowest BCUT2D eigenvalue weighted by Gasteiger charge is -2.06. The number of ketones is 1. The molecular formula is C19H20ClNO3. The van der Waals surface area contributed by atoms with Crippen molar-refractivity contribution in [2.24, 2.45) is 0 Å². The number of anilines is 1. The average molecular weight is 346 g/mol. The summed E-state index contributed by atoms with van der Waals surface area (Å²) in [7, 11) is 0. The summed E-state index contributed by atoms with van der Waals surface area (Å²) in [5.74, 6) is 0.478. The second-order valence-electron chi connectivity index (χ2n) is 5.35. The van der Waals surface area contributed by atoms with Gasteiger partial charge in [-0.1, -0.05) is 18.5 Å². The number of hydrogen-bond donors (Lipinski definition) is 1. The third-order valence-electron chi connectivity index (χ3n) is 3.36. The second-order valence-corrected chi connectivity index (χ2v) is 5.79. The molecule has 0 atom stereocenters. The molecule has 0 saturated carbocycles. The molecule has 1 N–H and O–H groups in total. The topological polar surface area (TPSA) is 55.4 Å². The molecule has 24 heavy (non-hydrogen) atoms. The smallest absolute Gasteiger partial charge is 0.224 e. The van der Waals surface area contributed by atoms with E-state index in [0.29, 0.717) is 22.9 Å². The van der Waals surface area contributed by atoms with Gasteiger partial charge >= 0.3 is 0 Å². The van der Waals surface area contributed by atoms with Crippen molar-refractivity contribution in [1.82, 2.24) is 0 Å². The van der Waals surface area contributed by atoms with Crippen molar-refractivity contribution < 1.29 is 14.3 Å². The van der Waals surface area contributed by atoms with E-state index >= 15 is 0 Å². The van der Waals surface area contributed by atoms with Crippen molar-refractivity contribution in [2.75, 3.05) is 11.9 Å². The average Bonchev–Trinajstić information content (AvgIpc) is 2.60. The van der Waals surface area contributed by atoms with Crippen LogP contribution in [0.25, 0.3) is 0 Å². The third kappa shape index (κ3) is 5.70. The fraction of sp³-hybridized carbons (Fsp3) is 0.263. The van der Waals surface area contributed by atoms with E-state index in [1.165, 1.54) is 0 Å². The summed E-state index contributed by atoms with van der Waals surface area (Å²) in [5, 5.41) is 3.34. The number of carbonyl (C=O) groups is 2. The van der Waals surface area contributed by atoms with Crippen molar-refractivity contribution in [2.45, 2.75) is 26.2 Å². The zero-order chi connectivity index (χ0) is 17.4. The van der Waals surface area contributed by atoms with Gasteiger partial charge in [-0.15, -0.1) is 0 Å². The van der Waals surface area contributed by atoms with Crippen LogP contribution in [0.2, 0.25) is 5.02 Å². The van der Waals surface area contributed by atoms with Crippen LogP contribution in [-0.2, 0) is 4.79 Å². The molecule has 1 amide bonds. The molecule has 0 fully saturated rings. The number of hydrogen-bond acceptors (Lipinski definition) is 3. The fourth-order valence-corrected chi connectivity index (χ4v) is 2.21. The predicted octanol–water partition coefficient (Wildman–Crippen LogP) is 4.73. The van der Waals surface area contributed by atoms with Crippen LogP contribution in [0.1, 0.15) is 36.5 Å².